The zero-order valence-corrected chi connectivity index (χ0v) is 17.8. The van der Waals surface area contributed by atoms with Gasteiger partial charge >= 0.3 is 0 Å². The molecule has 1 aromatic carbocycles. The lowest BCUT2D eigenvalue weighted by Crippen LogP contribution is -2.37. The Labute approximate surface area is 175 Å². The highest BCUT2D eigenvalue weighted by molar-refractivity contribution is 14.0. The molecule has 1 heterocycles. The van der Waals surface area contributed by atoms with Crippen molar-refractivity contribution in [2.24, 2.45) is 4.99 Å². The van der Waals surface area contributed by atoms with Crippen LogP contribution >= 0.6 is 35.6 Å². The first-order valence-electron chi connectivity index (χ1n) is 8.08. The summed E-state index contributed by atoms with van der Waals surface area (Å²) < 4.78 is 19.0. The molecule has 0 saturated carbocycles. The van der Waals surface area contributed by atoms with Gasteiger partial charge in [-0.05, 0) is 42.7 Å². The lowest BCUT2D eigenvalue weighted by Gasteiger charge is -2.12. The van der Waals surface area contributed by atoms with Crippen molar-refractivity contribution in [1.29, 1.82) is 0 Å². The molecule has 0 aliphatic heterocycles. The zero-order chi connectivity index (χ0) is 18.1. The fraction of sp³-hybridized carbons (Fsp3) is 0.333. The number of ether oxygens (including phenoxy) is 1. The minimum Gasteiger partial charge on any atom is -0.491 e. The summed E-state index contributed by atoms with van der Waals surface area (Å²) in [5.74, 6) is 0.556. The summed E-state index contributed by atoms with van der Waals surface area (Å²) in [5, 5.41) is 6.85. The van der Waals surface area contributed by atoms with E-state index in [-0.39, 0.29) is 35.5 Å². The highest BCUT2D eigenvalue weighted by Gasteiger charge is 2.05. The first-order valence-corrected chi connectivity index (χ1v) is 8.46. The maximum Gasteiger partial charge on any atom is 0.191 e. The van der Waals surface area contributed by atoms with Gasteiger partial charge in [-0.1, -0.05) is 23.7 Å². The molecular formula is C18H23ClFIN4O. The molecule has 2 N–H and O–H groups in total. The van der Waals surface area contributed by atoms with Crippen LogP contribution in [0, 0.1) is 5.82 Å². The minimum absolute atomic E-state index is 0. The minimum atomic E-state index is -0.362. The lowest BCUT2D eigenvalue weighted by molar-refractivity contribution is 0.321. The standard InChI is InChI=1S/C18H22ClFN4O.HI/c1-3-25-16-6-4-14(10-15(16)20)12-24-18(21-2)22-9-8-13-5-7-17(19)23-11-13;/h4-7,10-11H,3,8-9,12H2,1-2H3,(H2,21,22,24);1H. The van der Waals surface area contributed by atoms with Crippen molar-refractivity contribution in [3.8, 4) is 5.75 Å². The highest BCUT2D eigenvalue weighted by atomic mass is 127. The maximum absolute atomic E-state index is 13.8. The molecule has 2 rings (SSSR count). The number of aromatic nitrogens is 1. The number of halogens is 3. The van der Waals surface area contributed by atoms with Gasteiger partial charge in [-0.3, -0.25) is 4.99 Å². The van der Waals surface area contributed by atoms with Gasteiger partial charge in [0.1, 0.15) is 5.15 Å². The molecule has 0 aliphatic carbocycles. The van der Waals surface area contributed by atoms with Gasteiger partial charge in [0.2, 0.25) is 0 Å². The average molecular weight is 493 g/mol. The van der Waals surface area contributed by atoms with E-state index in [1.54, 1.807) is 25.4 Å². The zero-order valence-electron chi connectivity index (χ0n) is 14.8. The van der Waals surface area contributed by atoms with Gasteiger partial charge in [-0.2, -0.15) is 0 Å². The molecule has 0 aliphatic rings. The Balaban J connectivity index is 0.00000338. The third kappa shape index (κ3) is 7.33. The van der Waals surface area contributed by atoms with E-state index in [4.69, 9.17) is 16.3 Å². The second-order valence-corrected chi connectivity index (χ2v) is 5.68. The van der Waals surface area contributed by atoms with Gasteiger partial charge in [-0.25, -0.2) is 9.37 Å². The average Bonchev–Trinajstić information content (AvgIpc) is 2.62. The smallest absolute Gasteiger partial charge is 0.191 e. The third-order valence-corrected chi connectivity index (χ3v) is 3.70. The molecule has 0 spiro atoms. The molecule has 8 heteroatoms. The highest BCUT2D eigenvalue weighted by Crippen LogP contribution is 2.18. The first kappa shape index (κ1) is 22.4. The van der Waals surface area contributed by atoms with Crippen LogP contribution in [-0.2, 0) is 13.0 Å². The normalized spacial score (nSPS) is 10.8. The van der Waals surface area contributed by atoms with Crippen LogP contribution in [0.25, 0.3) is 0 Å². The Kier molecular flexibility index (Phi) is 10.3. The van der Waals surface area contributed by atoms with Crippen molar-refractivity contribution in [3.05, 3.63) is 58.6 Å². The summed E-state index contributed by atoms with van der Waals surface area (Å²) in [6.07, 6.45) is 2.55. The number of guanidine groups is 1. The van der Waals surface area contributed by atoms with E-state index in [9.17, 15) is 4.39 Å². The molecule has 26 heavy (non-hydrogen) atoms. The summed E-state index contributed by atoms with van der Waals surface area (Å²) >= 11 is 5.77. The Bertz CT molecular complexity index is 713. The van der Waals surface area contributed by atoms with Crippen molar-refractivity contribution in [2.45, 2.75) is 19.9 Å². The largest absolute Gasteiger partial charge is 0.491 e. The van der Waals surface area contributed by atoms with Gasteiger partial charge in [0, 0.05) is 26.3 Å². The molecule has 142 valence electrons. The van der Waals surface area contributed by atoms with E-state index in [1.807, 2.05) is 19.1 Å². The van der Waals surface area contributed by atoms with E-state index >= 15 is 0 Å². The van der Waals surface area contributed by atoms with Crippen LogP contribution in [0.1, 0.15) is 18.1 Å². The Morgan fingerprint density at radius 3 is 2.62 bits per heavy atom. The van der Waals surface area contributed by atoms with Crippen LogP contribution in [0.3, 0.4) is 0 Å². The Morgan fingerprint density at radius 1 is 1.23 bits per heavy atom. The summed E-state index contributed by atoms with van der Waals surface area (Å²) in [5.41, 5.74) is 1.90. The van der Waals surface area contributed by atoms with Gasteiger partial charge < -0.3 is 15.4 Å². The quantitative estimate of drug-likeness (QED) is 0.267. The molecule has 0 radical (unpaired) electrons. The molecule has 5 nitrogen and oxygen atoms in total. The fourth-order valence-corrected chi connectivity index (χ4v) is 2.32. The number of benzene rings is 1. The Morgan fingerprint density at radius 2 is 2.00 bits per heavy atom. The van der Waals surface area contributed by atoms with E-state index in [1.165, 1.54) is 6.07 Å². The lowest BCUT2D eigenvalue weighted by atomic mass is 10.2. The monoisotopic (exact) mass is 492 g/mol. The number of nitrogens with one attached hydrogen (secondary N) is 2. The summed E-state index contributed by atoms with van der Waals surface area (Å²) in [6, 6.07) is 8.64. The number of rotatable bonds is 7. The van der Waals surface area contributed by atoms with Crippen LogP contribution < -0.4 is 15.4 Å². The second-order valence-electron chi connectivity index (χ2n) is 5.29. The summed E-state index contributed by atoms with van der Waals surface area (Å²) in [4.78, 5) is 8.20. The molecule has 0 bridgehead atoms. The van der Waals surface area contributed by atoms with E-state index in [0.717, 1.165) is 17.5 Å². The Hall–Kier alpha value is -1.61. The number of hydrogen-bond donors (Lipinski definition) is 2. The van der Waals surface area contributed by atoms with Crippen LogP contribution in [0.15, 0.2) is 41.5 Å². The fourth-order valence-electron chi connectivity index (χ4n) is 2.21. The predicted molar refractivity (Wildman–Crippen MR) is 114 cm³/mol. The number of hydrogen-bond acceptors (Lipinski definition) is 3. The van der Waals surface area contributed by atoms with E-state index in [2.05, 4.69) is 20.6 Å². The van der Waals surface area contributed by atoms with Gasteiger partial charge in [-0.15, -0.1) is 24.0 Å². The van der Waals surface area contributed by atoms with Gasteiger partial charge in [0.25, 0.3) is 0 Å². The van der Waals surface area contributed by atoms with E-state index in [0.29, 0.717) is 30.8 Å². The first-order chi connectivity index (χ1) is 12.1. The summed E-state index contributed by atoms with van der Waals surface area (Å²) in [6.45, 7) is 3.42. The van der Waals surface area contributed by atoms with Crippen molar-refractivity contribution in [1.82, 2.24) is 15.6 Å². The van der Waals surface area contributed by atoms with E-state index < -0.39 is 0 Å². The van der Waals surface area contributed by atoms with Crippen molar-refractivity contribution < 1.29 is 9.13 Å². The van der Waals surface area contributed by atoms with Crippen LogP contribution in [0.4, 0.5) is 4.39 Å². The number of pyridine rings is 1. The molecule has 0 atom stereocenters. The SMILES string of the molecule is CCOc1ccc(CNC(=NC)NCCc2ccc(Cl)nc2)cc1F.I. The van der Waals surface area contributed by atoms with Gasteiger partial charge in [0.15, 0.2) is 17.5 Å². The summed E-state index contributed by atoms with van der Waals surface area (Å²) in [7, 11) is 1.69. The topological polar surface area (TPSA) is 58.5 Å². The third-order valence-electron chi connectivity index (χ3n) is 3.47. The van der Waals surface area contributed by atoms with Crippen LogP contribution in [0.2, 0.25) is 5.15 Å². The molecule has 0 fully saturated rings. The van der Waals surface area contributed by atoms with Gasteiger partial charge in [0.05, 0.1) is 6.61 Å². The molecule has 0 saturated heterocycles. The van der Waals surface area contributed by atoms with Crippen LogP contribution in [0.5, 0.6) is 5.75 Å². The van der Waals surface area contributed by atoms with Crippen molar-refractivity contribution in [3.63, 3.8) is 0 Å². The van der Waals surface area contributed by atoms with Crippen molar-refractivity contribution >= 4 is 41.5 Å². The molecule has 2 aromatic rings. The van der Waals surface area contributed by atoms with Crippen LogP contribution in [-0.4, -0.2) is 31.1 Å². The predicted octanol–water partition coefficient (Wildman–Crippen LogP) is 3.80. The molecule has 1 aromatic heterocycles. The second kappa shape index (κ2) is 11.9. The molecule has 0 amide bonds. The number of nitrogens with zero attached hydrogens (tertiary/aromatic N) is 2. The number of aliphatic imine (C=N–C) groups is 1. The van der Waals surface area contributed by atoms with Crippen molar-refractivity contribution in [2.75, 3.05) is 20.2 Å². The molecule has 0 unspecified atom stereocenters. The maximum atomic E-state index is 13.8. The molecular weight excluding hydrogens is 470 g/mol.